The highest BCUT2D eigenvalue weighted by Gasteiger charge is 2.11. The van der Waals surface area contributed by atoms with Crippen LogP contribution in [0.2, 0.25) is 5.02 Å². The van der Waals surface area contributed by atoms with Crippen LogP contribution in [0.15, 0.2) is 24.4 Å². The maximum absolute atomic E-state index is 12.1. The predicted molar refractivity (Wildman–Crippen MR) is 78.8 cm³/mol. The van der Waals surface area contributed by atoms with Gasteiger partial charge < -0.3 is 15.2 Å². The molecule has 0 aliphatic carbocycles. The number of nitrogens with one attached hydrogen (secondary N) is 2. The van der Waals surface area contributed by atoms with Crippen molar-refractivity contribution in [3.8, 4) is 0 Å². The van der Waals surface area contributed by atoms with Crippen molar-refractivity contribution in [2.45, 2.75) is 6.42 Å². The minimum atomic E-state index is -0.0627. The van der Waals surface area contributed by atoms with E-state index in [9.17, 15) is 4.79 Å². The Bertz CT molecular complexity index is 577. The summed E-state index contributed by atoms with van der Waals surface area (Å²) in [5.74, 6) is -0.0627. The topological polar surface area (TPSA) is 48.1 Å². The molecule has 0 aliphatic rings. The molecule has 19 heavy (non-hydrogen) atoms. The van der Waals surface area contributed by atoms with Gasteiger partial charge in [-0.05, 0) is 45.3 Å². The van der Waals surface area contributed by atoms with Crippen LogP contribution in [0, 0.1) is 0 Å². The largest absolute Gasteiger partial charge is 0.360 e. The van der Waals surface area contributed by atoms with Gasteiger partial charge in [0.25, 0.3) is 5.91 Å². The molecule has 2 rings (SSSR count). The number of benzene rings is 1. The van der Waals surface area contributed by atoms with Crippen molar-refractivity contribution in [2.75, 3.05) is 27.2 Å². The van der Waals surface area contributed by atoms with Crippen LogP contribution in [0.1, 0.15) is 16.8 Å². The summed E-state index contributed by atoms with van der Waals surface area (Å²) in [7, 11) is 4.03. The van der Waals surface area contributed by atoms with Crippen LogP contribution < -0.4 is 5.32 Å². The Hall–Kier alpha value is -1.52. The number of aromatic amines is 1. The second kappa shape index (κ2) is 6.08. The Balaban J connectivity index is 2.03. The van der Waals surface area contributed by atoms with Crippen molar-refractivity contribution in [1.29, 1.82) is 0 Å². The highest BCUT2D eigenvalue weighted by atomic mass is 35.5. The van der Waals surface area contributed by atoms with Crippen molar-refractivity contribution in [1.82, 2.24) is 15.2 Å². The zero-order valence-electron chi connectivity index (χ0n) is 11.2. The van der Waals surface area contributed by atoms with Crippen LogP contribution >= 0.6 is 11.6 Å². The van der Waals surface area contributed by atoms with Crippen LogP contribution in [0.25, 0.3) is 10.9 Å². The lowest BCUT2D eigenvalue weighted by molar-refractivity contribution is 0.0954. The monoisotopic (exact) mass is 279 g/mol. The van der Waals surface area contributed by atoms with E-state index in [0.29, 0.717) is 17.1 Å². The first-order valence-electron chi connectivity index (χ1n) is 6.27. The normalized spacial score (nSPS) is 11.2. The first-order chi connectivity index (χ1) is 9.08. The first kappa shape index (κ1) is 13.9. The lowest BCUT2D eigenvalue weighted by atomic mass is 10.1. The van der Waals surface area contributed by atoms with Crippen LogP contribution in [0.3, 0.4) is 0 Å². The Kier molecular flexibility index (Phi) is 4.45. The summed E-state index contributed by atoms with van der Waals surface area (Å²) in [6.07, 6.45) is 2.66. The van der Waals surface area contributed by atoms with Gasteiger partial charge in [-0.25, -0.2) is 0 Å². The molecule has 0 fully saturated rings. The Morgan fingerprint density at radius 3 is 2.95 bits per heavy atom. The van der Waals surface area contributed by atoms with E-state index in [1.807, 2.05) is 26.2 Å². The van der Waals surface area contributed by atoms with Gasteiger partial charge >= 0.3 is 0 Å². The molecule has 4 nitrogen and oxygen atoms in total. The average Bonchev–Trinajstić information content (AvgIpc) is 2.77. The highest BCUT2D eigenvalue weighted by molar-refractivity contribution is 6.31. The number of H-pyrrole nitrogens is 1. The molecule has 1 aromatic heterocycles. The van der Waals surface area contributed by atoms with E-state index in [2.05, 4.69) is 15.2 Å². The number of hydrogen-bond acceptors (Lipinski definition) is 2. The molecule has 1 amide bonds. The Morgan fingerprint density at radius 2 is 2.21 bits per heavy atom. The van der Waals surface area contributed by atoms with E-state index < -0.39 is 0 Å². The summed E-state index contributed by atoms with van der Waals surface area (Å²) in [6.45, 7) is 1.63. The third kappa shape index (κ3) is 3.49. The van der Waals surface area contributed by atoms with Crippen LogP contribution in [0.5, 0.6) is 0 Å². The number of hydrogen-bond donors (Lipinski definition) is 2. The molecule has 0 spiro atoms. The third-order valence-corrected chi connectivity index (χ3v) is 3.19. The number of rotatable bonds is 5. The lowest BCUT2D eigenvalue weighted by Crippen LogP contribution is -2.26. The Labute approximate surface area is 117 Å². The van der Waals surface area contributed by atoms with Gasteiger partial charge in [-0.15, -0.1) is 0 Å². The molecule has 2 aromatic rings. The summed E-state index contributed by atoms with van der Waals surface area (Å²) in [4.78, 5) is 17.3. The quantitative estimate of drug-likeness (QED) is 0.826. The smallest absolute Gasteiger partial charge is 0.253 e. The van der Waals surface area contributed by atoms with Crippen LogP contribution in [-0.2, 0) is 0 Å². The molecule has 0 saturated carbocycles. The molecule has 0 unspecified atom stereocenters. The van der Waals surface area contributed by atoms with Crippen LogP contribution in [-0.4, -0.2) is 43.0 Å². The summed E-state index contributed by atoms with van der Waals surface area (Å²) < 4.78 is 0. The van der Waals surface area contributed by atoms with Crippen molar-refractivity contribution in [2.24, 2.45) is 0 Å². The van der Waals surface area contributed by atoms with Crippen molar-refractivity contribution in [3.63, 3.8) is 0 Å². The molecule has 102 valence electrons. The van der Waals surface area contributed by atoms with Gasteiger partial charge in [0.1, 0.15) is 0 Å². The van der Waals surface area contributed by atoms with Gasteiger partial charge in [0.2, 0.25) is 0 Å². The zero-order chi connectivity index (χ0) is 13.8. The number of amides is 1. The Morgan fingerprint density at radius 1 is 1.42 bits per heavy atom. The molecule has 0 aliphatic heterocycles. The molecule has 2 N–H and O–H groups in total. The first-order valence-corrected chi connectivity index (χ1v) is 6.65. The fourth-order valence-electron chi connectivity index (χ4n) is 1.97. The fourth-order valence-corrected chi connectivity index (χ4v) is 2.15. The number of halogens is 1. The molecule has 0 bridgehead atoms. The number of carbonyl (C=O) groups is 1. The number of fused-ring (bicyclic) bond motifs is 1. The molecule has 1 aromatic carbocycles. The predicted octanol–water partition coefficient (Wildman–Crippen LogP) is 2.50. The maximum Gasteiger partial charge on any atom is 0.253 e. The van der Waals surface area contributed by atoms with E-state index in [1.54, 1.807) is 12.3 Å². The molecule has 0 saturated heterocycles. The number of carbonyl (C=O) groups excluding carboxylic acids is 1. The zero-order valence-corrected chi connectivity index (χ0v) is 11.9. The van der Waals surface area contributed by atoms with Gasteiger partial charge in [0.05, 0.1) is 5.56 Å². The molecule has 1 heterocycles. The third-order valence-electron chi connectivity index (χ3n) is 2.96. The SMILES string of the molecule is CN(C)CCCNC(=O)c1c[nH]c2ccc(Cl)cc12. The second-order valence-electron chi connectivity index (χ2n) is 4.80. The summed E-state index contributed by atoms with van der Waals surface area (Å²) >= 11 is 5.96. The van der Waals surface area contributed by atoms with Gasteiger partial charge in [-0.1, -0.05) is 11.6 Å². The minimum Gasteiger partial charge on any atom is -0.360 e. The molecule has 0 atom stereocenters. The molecular formula is C14H18ClN3O. The van der Waals surface area contributed by atoms with E-state index in [0.717, 1.165) is 23.9 Å². The van der Waals surface area contributed by atoms with Crippen LogP contribution in [0.4, 0.5) is 0 Å². The lowest BCUT2D eigenvalue weighted by Gasteiger charge is -2.09. The van der Waals surface area contributed by atoms with Crippen molar-refractivity contribution in [3.05, 3.63) is 35.0 Å². The molecular weight excluding hydrogens is 262 g/mol. The molecule has 5 heteroatoms. The number of nitrogens with zero attached hydrogens (tertiary/aromatic N) is 1. The number of aromatic nitrogens is 1. The van der Waals surface area contributed by atoms with E-state index in [-0.39, 0.29) is 5.91 Å². The summed E-state index contributed by atoms with van der Waals surface area (Å²) in [5, 5.41) is 4.42. The van der Waals surface area contributed by atoms with Gasteiger partial charge in [0.15, 0.2) is 0 Å². The highest BCUT2D eigenvalue weighted by Crippen LogP contribution is 2.22. The van der Waals surface area contributed by atoms with Crippen molar-refractivity contribution >= 4 is 28.4 Å². The van der Waals surface area contributed by atoms with Gasteiger partial charge in [-0.2, -0.15) is 0 Å². The van der Waals surface area contributed by atoms with Gasteiger partial charge in [-0.3, -0.25) is 4.79 Å². The average molecular weight is 280 g/mol. The minimum absolute atomic E-state index is 0.0627. The summed E-state index contributed by atoms with van der Waals surface area (Å²) in [5.41, 5.74) is 1.56. The van der Waals surface area contributed by atoms with Gasteiger partial charge in [0, 0.05) is 28.7 Å². The van der Waals surface area contributed by atoms with E-state index >= 15 is 0 Å². The second-order valence-corrected chi connectivity index (χ2v) is 5.24. The maximum atomic E-state index is 12.1. The van der Waals surface area contributed by atoms with E-state index in [1.165, 1.54) is 0 Å². The molecule has 0 radical (unpaired) electrons. The van der Waals surface area contributed by atoms with E-state index in [4.69, 9.17) is 11.6 Å². The standard InChI is InChI=1S/C14H18ClN3O/c1-18(2)7-3-6-16-14(19)12-9-17-13-5-4-10(15)8-11(12)13/h4-5,8-9,17H,3,6-7H2,1-2H3,(H,16,19). The fraction of sp³-hybridized carbons (Fsp3) is 0.357. The summed E-state index contributed by atoms with van der Waals surface area (Å²) in [6, 6.07) is 5.49. The van der Waals surface area contributed by atoms with Crippen molar-refractivity contribution < 1.29 is 4.79 Å².